The van der Waals surface area contributed by atoms with E-state index in [4.69, 9.17) is 24.9 Å². The summed E-state index contributed by atoms with van der Waals surface area (Å²) in [4.78, 5) is 25.5. The monoisotopic (exact) mass is 702 g/mol. The number of hydrogen-bond acceptors (Lipinski definition) is 8. The first-order valence-electron chi connectivity index (χ1n) is 17.0. The summed E-state index contributed by atoms with van der Waals surface area (Å²) < 4.78 is 4.54. The quantitative estimate of drug-likeness (QED) is 0.177. The summed E-state index contributed by atoms with van der Waals surface area (Å²) in [6.45, 7) is 0. The molecule has 8 heteroatoms. The van der Waals surface area contributed by atoms with Gasteiger partial charge in [0, 0.05) is 64.0 Å². The maximum Gasteiger partial charge on any atom is 0.164 e. The standard InChI is InChI=1S/C44H26N6S2/c45-25-26-11-9-16-29(23-26)38-40-39(32-17-7-8-19-34(32)52-40)47-43(46-38)30-21-22-31-36(24-30)51-35-20-10-18-33(37(31)35)44-49-41(27-12-3-1-4-13-27)48-42(50-44)28-14-5-2-6-15-28/h1-22,24,29H,23H2. The summed E-state index contributed by atoms with van der Waals surface area (Å²) in [6, 6.07) is 43.7. The van der Waals surface area contributed by atoms with E-state index in [-0.39, 0.29) is 5.92 Å². The van der Waals surface area contributed by atoms with Gasteiger partial charge >= 0.3 is 0 Å². The Hall–Kier alpha value is -6.40. The summed E-state index contributed by atoms with van der Waals surface area (Å²) in [6.07, 6.45) is 6.65. The minimum Gasteiger partial charge on any atom is -0.231 e. The third-order valence-corrected chi connectivity index (χ3v) is 11.8. The lowest BCUT2D eigenvalue weighted by Crippen LogP contribution is -2.05. The number of rotatable bonds is 5. The van der Waals surface area contributed by atoms with E-state index in [9.17, 15) is 5.26 Å². The molecule has 0 fully saturated rings. The van der Waals surface area contributed by atoms with Crippen LogP contribution >= 0.6 is 22.7 Å². The van der Waals surface area contributed by atoms with Crippen molar-refractivity contribution in [3.05, 3.63) is 151 Å². The van der Waals surface area contributed by atoms with Gasteiger partial charge in [0.25, 0.3) is 0 Å². The molecule has 1 unspecified atom stereocenters. The zero-order valence-corrected chi connectivity index (χ0v) is 29.2. The molecule has 6 nitrogen and oxygen atoms in total. The molecule has 244 valence electrons. The summed E-state index contributed by atoms with van der Waals surface area (Å²) in [5, 5.41) is 13.1. The molecule has 4 aromatic heterocycles. The van der Waals surface area contributed by atoms with Crippen LogP contribution in [-0.2, 0) is 0 Å². The lowest BCUT2D eigenvalue weighted by molar-refractivity contribution is 0.806. The lowest BCUT2D eigenvalue weighted by atomic mass is 9.91. The van der Waals surface area contributed by atoms with Crippen LogP contribution in [0.4, 0.5) is 0 Å². The Balaban J connectivity index is 1.14. The number of thiophene rings is 2. The second kappa shape index (κ2) is 12.4. The van der Waals surface area contributed by atoms with Gasteiger partial charge in [-0.1, -0.05) is 115 Å². The van der Waals surface area contributed by atoms with E-state index in [0.717, 1.165) is 69.3 Å². The fourth-order valence-electron chi connectivity index (χ4n) is 7.02. The molecular formula is C44H26N6S2. The molecule has 0 amide bonds. The summed E-state index contributed by atoms with van der Waals surface area (Å²) in [7, 11) is 0. The Labute approximate surface area is 306 Å². The number of aromatic nitrogens is 5. The highest BCUT2D eigenvalue weighted by molar-refractivity contribution is 7.26. The first-order valence-corrected chi connectivity index (χ1v) is 18.6. The third kappa shape index (κ3) is 5.18. The molecule has 5 aromatic carbocycles. The van der Waals surface area contributed by atoms with Gasteiger partial charge in [0.15, 0.2) is 23.3 Å². The van der Waals surface area contributed by atoms with Gasteiger partial charge in [0.2, 0.25) is 0 Å². The predicted octanol–water partition coefficient (Wildman–Crippen LogP) is 11.6. The smallest absolute Gasteiger partial charge is 0.164 e. The Morgan fingerprint density at radius 1 is 0.577 bits per heavy atom. The molecule has 1 aliphatic carbocycles. The molecule has 1 atom stereocenters. The van der Waals surface area contributed by atoms with Crippen LogP contribution in [0.25, 0.3) is 86.0 Å². The minimum absolute atomic E-state index is 0.00510. The van der Waals surface area contributed by atoms with Crippen molar-refractivity contribution >= 4 is 63.1 Å². The number of benzene rings is 5. The topological polar surface area (TPSA) is 88.2 Å². The minimum atomic E-state index is -0.00510. The first-order chi connectivity index (χ1) is 25.7. The fraction of sp³-hybridized carbons (Fsp3) is 0.0455. The van der Waals surface area contributed by atoms with E-state index in [1.807, 2.05) is 72.8 Å². The van der Waals surface area contributed by atoms with E-state index >= 15 is 0 Å². The molecule has 0 bridgehead atoms. The van der Waals surface area contributed by atoms with E-state index in [1.54, 1.807) is 22.7 Å². The van der Waals surface area contributed by atoms with Crippen molar-refractivity contribution in [1.29, 1.82) is 5.26 Å². The van der Waals surface area contributed by atoms with Crippen molar-refractivity contribution in [2.24, 2.45) is 0 Å². The van der Waals surface area contributed by atoms with Gasteiger partial charge in [-0.05, 0) is 30.7 Å². The van der Waals surface area contributed by atoms with Gasteiger partial charge in [0.1, 0.15) is 0 Å². The van der Waals surface area contributed by atoms with Gasteiger partial charge in [0.05, 0.1) is 22.0 Å². The molecule has 9 aromatic rings. The molecule has 4 heterocycles. The molecule has 0 N–H and O–H groups in total. The average molecular weight is 703 g/mol. The highest BCUT2D eigenvalue weighted by Gasteiger charge is 2.23. The van der Waals surface area contributed by atoms with Gasteiger partial charge in [-0.15, -0.1) is 22.7 Å². The van der Waals surface area contributed by atoms with Crippen molar-refractivity contribution in [3.63, 3.8) is 0 Å². The molecule has 0 aliphatic heterocycles. The summed E-state index contributed by atoms with van der Waals surface area (Å²) in [5.41, 5.74) is 6.47. The summed E-state index contributed by atoms with van der Waals surface area (Å²) in [5.74, 6) is 2.59. The fourth-order valence-corrected chi connectivity index (χ4v) is 9.39. The van der Waals surface area contributed by atoms with Crippen LogP contribution in [0.15, 0.2) is 145 Å². The Morgan fingerprint density at radius 3 is 2.04 bits per heavy atom. The maximum absolute atomic E-state index is 9.71. The number of nitrogens with zero attached hydrogens (tertiary/aromatic N) is 6. The van der Waals surface area contributed by atoms with E-state index in [0.29, 0.717) is 29.7 Å². The highest BCUT2D eigenvalue weighted by atomic mass is 32.1. The van der Waals surface area contributed by atoms with E-state index < -0.39 is 0 Å². The highest BCUT2D eigenvalue weighted by Crippen LogP contribution is 2.43. The zero-order chi connectivity index (χ0) is 34.6. The van der Waals surface area contributed by atoms with Crippen molar-refractivity contribution < 1.29 is 0 Å². The van der Waals surface area contributed by atoms with Crippen molar-refractivity contribution in [2.75, 3.05) is 0 Å². The molecule has 0 saturated carbocycles. The molecular weight excluding hydrogens is 677 g/mol. The van der Waals surface area contributed by atoms with Crippen LogP contribution in [0, 0.1) is 11.3 Å². The number of fused-ring (bicyclic) bond motifs is 6. The van der Waals surface area contributed by atoms with Gasteiger partial charge in [-0.25, -0.2) is 24.9 Å². The number of allylic oxidation sites excluding steroid dienone is 4. The SMILES string of the molecule is N#CC1=CC=CC(c2nc(-c3ccc4c(c3)sc3cccc(-c5nc(-c6ccccc6)nc(-c6ccccc6)n5)c34)nc3c2sc2ccccc23)C1. The molecule has 0 radical (unpaired) electrons. The van der Waals surface area contributed by atoms with E-state index in [2.05, 4.69) is 72.8 Å². The third-order valence-electron chi connectivity index (χ3n) is 9.52. The molecule has 0 saturated heterocycles. The van der Waals surface area contributed by atoms with Gasteiger partial charge < -0.3 is 0 Å². The van der Waals surface area contributed by atoms with Gasteiger partial charge in [-0.2, -0.15) is 5.26 Å². The van der Waals surface area contributed by atoms with Crippen LogP contribution < -0.4 is 0 Å². The van der Waals surface area contributed by atoms with Crippen LogP contribution in [0.2, 0.25) is 0 Å². The van der Waals surface area contributed by atoms with Crippen molar-refractivity contribution in [2.45, 2.75) is 12.3 Å². The zero-order valence-electron chi connectivity index (χ0n) is 27.6. The molecule has 52 heavy (non-hydrogen) atoms. The summed E-state index contributed by atoms with van der Waals surface area (Å²) >= 11 is 3.47. The van der Waals surface area contributed by atoms with Crippen LogP contribution in [0.1, 0.15) is 18.0 Å². The van der Waals surface area contributed by atoms with Crippen molar-refractivity contribution in [3.8, 4) is 51.6 Å². The molecule has 10 rings (SSSR count). The Kier molecular flexibility index (Phi) is 7.27. The van der Waals surface area contributed by atoms with Crippen molar-refractivity contribution in [1.82, 2.24) is 24.9 Å². The first kappa shape index (κ1) is 30.4. The second-order valence-electron chi connectivity index (χ2n) is 12.7. The van der Waals surface area contributed by atoms with Crippen LogP contribution in [-0.4, -0.2) is 24.9 Å². The van der Waals surface area contributed by atoms with Crippen LogP contribution in [0.5, 0.6) is 0 Å². The van der Waals surface area contributed by atoms with E-state index in [1.165, 1.54) is 4.70 Å². The molecule has 0 spiro atoms. The van der Waals surface area contributed by atoms with Gasteiger partial charge in [-0.3, -0.25) is 0 Å². The second-order valence-corrected chi connectivity index (χ2v) is 14.9. The Bertz CT molecular complexity index is 2900. The normalized spacial score (nSPS) is 14.3. The average Bonchev–Trinajstić information content (AvgIpc) is 3.79. The number of hydrogen-bond donors (Lipinski definition) is 0. The Morgan fingerprint density at radius 2 is 1.27 bits per heavy atom. The molecule has 1 aliphatic rings. The predicted molar refractivity (Wildman–Crippen MR) is 213 cm³/mol. The lowest BCUT2D eigenvalue weighted by Gasteiger charge is -2.16. The maximum atomic E-state index is 9.71. The number of nitriles is 1. The van der Waals surface area contributed by atoms with Crippen LogP contribution in [0.3, 0.4) is 0 Å². The largest absolute Gasteiger partial charge is 0.231 e.